The summed E-state index contributed by atoms with van der Waals surface area (Å²) in [6.45, 7) is 2.91. The summed E-state index contributed by atoms with van der Waals surface area (Å²) >= 11 is 2.05. The van der Waals surface area contributed by atoms with Gasteiger partial charge in [0.2, 0.25) is 5.95 Å². The lowest BCUT2D eigenvalue weighted by Crippen LogP contribution is -2.43. The van der Waals surface area contributed by atoms with Gasteiger partial charge in [0, 0.05) is 39.9 Å². The topological polar surface area (TPSA) is 102 Å². The number of aryl methyl sites for hydroxylation is 1. The lowest BCUT2D eigenvalue weighted by atomic mass is 9.97. The molecule has 4 aromatic rings. The largest absolute Gasteiger partial charge is 0.353 e. The number of aromatic nitrogens is 2. The second-order valence-corrected chi connectivity index (χ2v) is 11.2. The van der Waals surface area contributed by atoms with Gasteiger partial charge in [-0.15, -0.1) is 0 Å². The van der Waals surface area contributed by atoms with Gasteiger partial charge in [0.05, 0.1) is 12.2 Å². The smallest absolute Gasteiger partial charge is 0.328 e. The number of anilines is 4. The highest BCUT2D eigenvalue weighted by Crippen LogP contribution is 2.39. The fraction of sp³-hybridized carbons (Fsp3) is 0.226. The van der Waals surface area contributed by atoms with Crippen molar-refractivity contribution in [2.24, 2.45) is 0 Å². The number of para-hydroxylation sites is 1. The molecule has 0 spiro atoms. The molecule has 9 nitrogen and oxygen atoms in total. The van der Waals surface area contributed by atoms with Gasteiger partial charge in [-0.25, -0.2) is 27.8 Å². The second kappa shape index (κ2) is 13.2. The van der Waals surface area contributed by atoms with Crippen LogP contribution in [0.1, 0.15) is 27.0 Å². The number of halogens is 4. The highest BCUT2D eigenvalue weighted by molar-refractivity contribution is 14.1. The zero-order valence-electron chi connectivity index (χ0n) is 24.1. The lowest BCUT2D eigenvalue weighted by Gasteiger charge is -2.31. The molecule has 0 radical (unpaired) electrons. The molecule has 0 unspecified atom stereocenters. The summed E-state index contributed by atoms with van der Waals surface area (Å²) in [6, 6.07) is 12.0. The standard InChI is InChI=1S/C31H29F3IN7O2/c1-17-7-8-18(29(43)38-20-9-10-23(32)19(13-20)15-35)14-21(17)26-22-16-37-31(44)42(27-24(33)5-4-6-25(27)34)28(22)40-30(39-26)36-11-12-41(2)3/h4-10,13-14H,11-12,15-16H2,1-3H3,(H,37,44)(H,38,43)(H,36,39,40). The van der Waals surface area contributed by atoms with Gasteiger partial charge in [-0.05, 0) is 74.6 Å². The van der Waals surface area contributed by atoms with Crippen LogP contribution >= 0.6 is 22.6 Å². The number of alkyl halides is 1. The van der Waals surface area contributed by atoms with E-state index in [2.05, 4.69) is 43.5 Å². The van der Waals surface area contributed by atoms with Gasteiger partial charge < -0.3 is 20.9 Å². The number of amides is 3. The Bertz CT molecular complexity index is 1730. The molecule has 1 aliphatic rings. The van der Waals surface area contributed by atoms with E-state index >= 15 is 0 Å². The average Bonchev–Trinajstić information content (AvgIpc) is 2.98. The van der Waals surface area contributed by atoms with Crippen LogP contribution in [-0.2, 0) is 11.0 Å². The molecule has 2 heterocycles. The predicted molar refractivity (Wildman–Crippen MR) is 172 cm³/mol. The fourth-order valence-electron chi connectivity index (χ4n) is 4.74. The molecule has 5 rings (SSSR count). The third-order valence-corrected chi connectivity index (χ3v) is 7.84. The number of likely N-dealkylation sites (N-methyl/N-ethyl adjacent to an activating group) is 1. The Balaban J connectivity index is 1.61. The molecule has 0 saturated carbocycles. The summed E-state index contributed by atoms with van der Waals surface area (Å²) < 4.78 is 44.4. The number of benzene rings is 3. The van der Waals surface area contributed by atoms with Crippen molar-refractivity contribution in [1.29, 1.82) is 0 Å². The summed E-state index contributed by atoms with van der Waals surface area (Å²) in [6.07, 6.45) is 0. The second-order valence-electron chi connectivity index (χ2n) is 10.4. The van der Waals surface area contributed by atoms with E-state index in [4.69, 9.17) is 4.98 Å². The first-order valence-corrected chi connectivity index (χ1v) is 15.2. The number of carbonyl (C=O) groups excluding carboxylic acids is 2. The van der Waals surface area contributed by atoms with Crippen LogP contribution in [0.5, 0.6) is 0 Å². The molecule has 0 bridgehead atoms. The molecule has 3 N–H and O–H groups in total. The third-order valence-electron chi connectivity index (χ3n) is 7.02. The Morgan fingerprint density at radius 1 is 1.05 bits per heavy atom. The SMILES string of the molecule is Cc1ccc(C(=O)Nc2ccc(F)c(CI)c2)cc1-c1nc(NCCN(C)C)nc2c1CNC(=O)N2c1c(F)cccc1F. The summed E-state index contributed by atoms with van der Waals surface area (Å²) in [5.74, 6) is -2.48. The quantitative estimate of drug-likeness (QED) is 0.137. The average molecular weight is 716 g/mol. The fourth-order valence-corrected chi connectivity index (χ4v) is 5.32. The Morgan fingerprint density at radius 2 is 1.80 bits per heavy atom. The maximum absolute atomic E-state index is 15.0. The van der Waals surface area contributed by atoms with Gasteiger partial charge in [0.25, 0.3) is 5.91 Å². The number of urea groups is 1. The number of fused-ring (bicyclic) bond motifs is 1. The number of hydrogen-bond donors (Lipinski definition) is 3. The summed E-state index contributed by atoms with van der Waals surface area (Å²) in [5, 5.41) is 8.62. The number of carbonyl (C=O) groups is 2. The molecule has 1 aromatic heterocycles. The molecule has 0 fully saturated rings. The van der Waals surface area contributed by atoms with Crippen molar-refractivity contribution in [3.05, 3.63) is 94.3 Å². The minimum absolute atomic E-state index is 0.0153. The minimum Gasteiger partial charge on any atom is -0.353 e. The molecule has 44 heavy (non-hydrogen) atoms. The zero-order valence-corrected chi connectivity index (χ0v) is 26.3. The Hall–Kier alpha value is -4.24. The van der Waals surface area contributed by atoms with Gasteiger partial charge in [0.1, 0.15) is 23.1 Å². The van der Waals surface area contributed by atoms with Crippen molar-refractivity contribution in [1.82, 2.24) is 20.2 Å². The van der Waals surface area contributed by atoms with Gasteiger partial charge in [-0.3, -0.25) is 4.79 Å². The number of rotatable bonds is 9. The monoisotopic (exact) mass is 715 g/mol. The van der Waals surface area contributed by atoms with Gasteiger partial charge in [-0.1, -0.05) is 34.7 Å². The van der Waals surface area contributed by atoms with Crippen LogP contribution in [0.3, 0.4) is 0 Å². The zero-order chi connectivity index (χ0) is 31.5. The van der Waals surface area contributed by atoms with Crippen molar-refractivity contribution in [3.8, 4) is 11.3 Å². The predicted octanol–water partition coefficient (Wildman–Crippen LogP) is 6.39. The van der Waals surface area contributed by atoms with Crippen molar-refractivity contribution in [2.45, 2.75) is 17.9 Å². The molecular weight excluding hydrogens is 686 g/mol. The normalized spacial score (nSPS) is 12.6. The first-order chi connectivity index (χ1) is 21.1. The molecule has 228 valence electrons. The molecule has 0 atom stereocenters. The Morgan fingerprint density at radius 3 is 2.50 bits per heavy atom. The van der Waals surface area contributed by atoms with E-state index in [0.29, 0.717) is 51.2 Å². The van der Waals surface area contributed by atoms with Crippen LogP contribution < -0.4 is 20.9 Å². The van der Waals surface area contributed by atoms with Crippen molar-refractivity contribution in [3.63, 3.8) is 0 Å². The van der Waals surface area contributed by atoms with Crippen LogP contribution in [0.15, 0.2) is 54.6 Å². The number of nitrogens with zero attached hydrogens (tertiary/aromatic N) is 4. The summed E-state index contributed by atoms with van der Waals surface area (Å²) in [7, 11) is 3.81. The Labute approximate surface area is 266 Å². The summed E-state index contributed by atoms with van der Waals surface area (Å²) in [4.78, 5) is 38.5. The van der Waals surface area contributed by atoms with E-state index in [1.807, 2.05) is 25.9 Å². The summed E-state index contributed by atoms with van der Waals surface area (Å²) in [5.41, 5.74) is 2.76. The third kappa shape index (κ3) is 6.48. The van der Waals surface area contributed by atoms with E-state index in [1.165, 1.54) is 18.2 Å². The highest BCUT2D eigenvalue weighted by atomic mass is 127. The molecule has 3 aromatic carbocycles. The lowest BCUT2D eigenvalue weighted by molar-refractivity contribution is 0.102. The van der Waals surface area contributed by atoms with Gasteiger partial charge in [-0.2, -0.15) is 4.98 Å². The molecule has 3 amide bonds. The number of nitrogens with one attached hydrogen (secondary N) is 3. The van der Waals surface area contributed by atoms with Crippen LogP contribution in [0, 0.1) is 24.4 Å². The molecule has 1 aliphatic heterocycles. The van der Waals surface area contributed by atoms with Crippen molar-refractivity contribution >= 4 is 57.7 Å². The minimum atomic E-state index is -0.934. The number of hydrogen-bond acceptors (Lipinski definition) is 6. The Kier molecular flexibility index (Phi) is 9.34. The maximum Gasteiger partial charge on any atom is 0.328 e. The van der Waals surface area contributed by atoms with Crippen LogP contribution in [0.4, 0.5) is 41.1 Å². The van der Waals surface area contributed by atoms with E-state index in [9.17, 15) is 22.8 Å². The van der Waals surface area contributed by atoms with Crippen molar-refractivity contribution < 1.29 is 22.8 Å². The van der Waals surface area contributed by atoms with Crippen LogP contribution in [0.25, 0.3) is 11.3 Å². The van der Waals surface area contributed by atoms with Gasteiger partial charge >= 0.3 is 6.03 Å². The van der Waals surface area contributed by atoms with E-state index < -0.39 is 29.3 Å². The van der Waals surface area contributed by atoms with Crippen LogP contribution in [0.2, 0.25) is 0 Å². The van der Waals surface area contributed by atoms with Crippen LogP contribution in [-0.4, -0.2) is 54.0 Å². The van der Waals surface area contributed by atoms with E-state index in [-0.39, 0.29) is 24.1 Å². The van der Waals surface area contributed by atoms with E-state index in [0.717, 1.165) is 22.6 Å². The van der Waals surface area contributed by atoms with E-state index in [1.54, 1.807) is 24.3 Å². The highest BCUT2D eigenvalue weighted by Gasteiger charge is 2.34. The van der Waals surface area contributed by atoms with Crippen molar-refractivity contribution in [2.75, 3.05) is 42.7 Å². The molecule has 13 heteroatoms. The molecular formula is C31H29F3IN7O2. The maximum atomic E-state index is 15.0. The molecule has 0 saturated heterocycles. The molecule has 0 aliphatic carbocycles. The first-order valence-electron chi connectivity index (χ1n) is 13.7. The van der Waals surface area contributed by atoms with Gasteiger partial charge in [0.15, 0.2) is 5.82 Å². The first kappa shape index (κ1) is 31.2.